The molecular weight excluding hydrogens is 283 g/mol. The van der Waals surface area contributed by atoms with Crippen LogP contribution in [0.25, 0.3) is 0 Å². The topological polar surface area (TPSA) is 41.6 Å². The summed E-state index contributed by atoms with van der Waals surface area (Å²) in [6.07, 6.45) is -0.903. The minimum absolute atomic E-state index is 0. The fourth-order valence-electron chi connectivity index (χ4n) is 2.20. The smallest absolute Gasteiger partial charge is 0.410 e. The Balaban J connectivity index is 0.00000200. The van der Waals surface area contributed by atoms with E-state index in [0.717, 1.165) is 12.1 Å². The number of rotatable bonds is 3. The molecule has 112 valence electrons. The van der Waals surface area contributed by atoms with E-state index in [1.807, 2.05) is 30.3 Å². The summed E-state index contributed by atoms with van der Waals surface area (Å²) in [6, 6.07) is 9.05. The van der Waals surface area contributed by atoms with Gasteiger partial charge in [-0.15, -0.1) is 12.4 Å². The summed E-state index contributed by atoms with van der Waals surface area (Å²) in [7, 11) is 1.59. The first-order valence-electron chi connectivity index (χ1n) is 6.47. The quantitative estimate of drug-likeness (QED) is 0.932. The Bertz CT molecular complexity index is 419. The number of nitrogens with one attached hydrogen (secondary N) is 1. The van der Waals surface area contributed by atoms with Gasteiger partial charge in [-0.2, -0.15) is 0 Å². The second-order valence-electron chi connectivity index (χ2n) is 4.73. The molecule has 0 unspecified atom stereocenters. The van der Waals surface area contributed by atoms with Gasteiger partial charge in [0, 0.05) is 13.6 Å². The van der Waals surface area contributed by atoms with Gasteiger partial charge in [-0.1, -0.05) is 30.3 Å². The van der Waals surface area contributed by atoms with Gasteiger partial charge in [0.25, 0.3) is 0 Å². The molecule has 0 saturated carbocycles. The van der Waals surface area contributed by atoms with E-state index in [0.29, 0.717) is 13.0 Å². The molecular formula is C14H20ClFN2O2. The maximum Gasteiger partial charge on any atom is 0.410 e. The molecule has 1 aromatic rings. The van der Waals surface area contributed by atoms with Crippen LogP contribution in [-0.4, -0.2) is 43.3 Å². The molecule has 0 radical (unpaired) electrons. The standard InChI is InChI=1S/C14H19FN2O2.ClH/c1-17(13-7-8-16-9-12(13)15)14(18)19-10-11-5-3-2-4-6-11;/h2-6,12-13,16H,7-10H2,1H3;1H/t12-,13+;/m1./s1. The average molecular weight is 303 g/mol. The molecule has 2 atom stereocenters. The van der Waals surface area contributed by atoms with Crippen LogP contribution in [0.4, 0.5) is 9.18 Å². The lowest BCUT2D eigenvalue weighted by atomic mass is 10.0. The Morgan fingerprint density at radius 1 is 1.45 bits per heavy atom. The second kappa shape index (κ2) is 8.07. The summed E-state index contributed by atoms with van der Waals surface area (Å²) in [5.41, 5.74) is 0.923. The molecule has 1 aromatic carbocycles. The summed E-state index contributed by atoms with van der Waals surface area (Å²) in [5.74, 6) is 0. The normalized spacial score (nSPS) is 21.7. The lowest BCUT2D eigenvalue weighted by Gasteiger charge is -2.33. The van der Waals surface area contributed by atoms with Gasteiger partial charge in [0.05, 0.1) is 6.04 Å². The van der Waals surface area contributed by atoms with Crippen molar-refractivity contribution in [2.24, 2.45) is 0 Å². The highest BCUT2D eigenvalue weighted by atomic mass is 35.5. The minimum atomic E-state index is -1.04. The van der Waals surface area contributed by atoms with Crippen molar-refractivity contribution in [1.29, 1.82) is 0 Å². The zero-order valence-electron chi connectivity index (χ0n) is 11.4. The maximum atomic E-state index is 13.7. The van der Waals surface area contributed by atoms with Crippen molar-refractivity contribution < 1.29 is 13.9 Å². The number of hydrogen-bond acceptors (Lipinski definition) is 3. The molecule has 20 heavy (non-hydrogen) atoms. The molecule has 1 aliphatic rings. The van der Waals surface area contributed by atoms with Crippen LogP contribution in [0, 0.1) is 0 Å². The summed E-state index contributed by atoms with van der Waals surface area (Å²) >= 11 is 0. The molecule has 1 amide bonds. The Kier molecular flexibility index (Phi) is 6.75. The van der Waals surface area contributed by atoms with Gasteiger partial charge in [-0.25, -0.2) is 9.18 Å². The number of halogens is 2. The predicted molar refractivity (Wildman–Crippen MR) is 77.8 cm³/mol. The molecule has 6 heteroatoms. The van der Waals surface area contributed by atoms with Gasteiger partial charge in [0.1, 0.15) is 12.8 Å². The lowest BCUT2D eigenvalue weighted by molar-refractivity contribution is 0.0607. The highest BCUT2D eigenvalue weighted by Crippen LogP contribution is 2.15. The summed E-state index contributed by atoms with van der Waals surface area (Å²) < 4.78 is 18.9. The Morgan fingerprint density at radius 2 is 2.15 bits per heavy atom. The minimum Gasteiger partial charge on any atom is -0.445 e. The maximum absolute atomic E-state index is 13.7. The first-order valence-corrected chi connectivity index (χ1v) is 6.47. The summed E-state index contributed by atoms with van der Waals surface area (Å²) in [4.78, 5) is 13.2. The molecule has 2 rings (SSSR count). The first-order chi connectivity index (χ1) is 9.18. The van der Waals surface area contributed by atoms with Crippen molar-refractivity contribution in [2.75, 3.05) is 20.1 Å². The lowest BCUT2D eigenvalue weighted by Crippen LogP contribution is -2.51. The molecule has 1 fully saturated rings. The van der Waals surface area contributed by atoms with Gasteiger partial charge in [-0.05, 0) is 18.5 Å². The number of benzene rings is 1. The van der Waals surface area contributed by atoms with Crippen LogP contribution in [0.2, 0.25) is 0 Å². The zero-order valence-corrected chi connectivity index (χ0v) is 12.2. The third kappa shape index (κ3) is 4.35. The Labute approximate surface area is 124 Å². The van der Waals surface area contributed by atoms with Crippen LogP contribution >= 0.6 is 12.4 Å². The molecule has 1 saturated heterocycles. The summed E-state index contributed by atoms with van der Waals surface area (Å²) in [5, 5.41) is 2.96. The van der Waals surface area contributed by atoms with E-state index in [1.54, 1.807) is 7.05 Å². The fraction of sp³-hybridized carbons (Fsp3) is 0.500. The highest BCUT2D eigenvalue weighted by molar-refractivity contribution is 5.85. The zero-order chi connectivity index (χ0) is 13.7. The van der Waals surface area contributed by atoms with Gasteiger partial charge >= 0.3 is 6.09 Å². The molecule has 1 aliphatic heterocycles. The highest BCUT2D eigenvalue weighted by Gasteiger charge is 2.31. The Hall–Kier alpha value is -1.33. The predicted octanol–water partition coefficient (Wildman–Crippen LogP) is 2.38. The molecule has 0 spiro atoms. The number of nitrogens with zero attached hydrogens (tertiary/aromatic N) is 1. The third-order valence-electron chi connectivity index (χ3n) is 3.36. The molecule has 4 nitrogen and oxygen atoms in total. The number of hydrogen-bond donors (Lipinski definition) is 1. The van der Waals surface area contributed by atoms with Crippen LogP contribution in [0.15, 0.2) is 30.3 Å². The van der Waals surface area contributed by atoms with Crippen molar-refractivity contribution in [1.82, 2.24) is 10.2 Å². The van der Waals surface area contributed by atoms with E-state index in [2.05, 4.69) is 5.32 Å². The number of amides is 1. The number of carbonyl (C=O) groups excluding carboxylic acids is 1. The van der Waals surface area contributed by atoms with Gasteiger partial charge < -0.3 is 15.0 Å². The van der Waals surface area contributed by atoms with E-state index in [1.165, 1.54) is 4.90 Å². The molecule has 0 aliphatic carbocycles. The third-order valence-corrected chi connectivity index (χ3v) is 3.36. The average Bonchev–Trinajstić information content (AvgIpc) is 2.45. The summed E-state index contributed by atoms with van der Waals surface area (Å²) in [6.45, 7) is 1.23. The van der Waals surface area contributed by atoms with E-state index in [-0.39, 0.29) is 19.0 Å². The van der Waals surface area contributed by atoms with Crippen molar-refractivity contribution in [2.45, 2.75) is 25.2 Å². The van der Waals surface area contributed by atoms with Crippen LogP contribution in [0.3, 0.4) is 0 Å². The second-order valence-corrected chi connectivity index (χ2v) is 4.73. The Morgan fingerprint density at radius 3 is 2.80 bits per heavy atom. The van der Waals surface area contributed by atoms with Crippen LogP contribution in [0.1, 0.15) is 12.0 Å². The van der Waals surface area contributed by atoms with E-state index in [4.69, 9.17) is 4.74 Å². The number of alkyl halides is 1. The van der Waals surface area contributed by atoms with E-state index in [9.17, 15) is 9.18 Å². The molecule has 0 bridgehead atoms. The van der Waals surface area contributed by atoms with Crippen LogP contribution in [0.5, 0.6) is 0 Å². The van der Waals surface area contributed by atoms with Crippen molar-refractivity contribution in [3.63, 3.8) is 0 Å². The molecule has 0 aromatic heterocycles. The molecule has 1 N–H and O–H groups in total. The van der Waals surface area contributed by atoms with Crippen LogP contribution in [-0.2, 0) is 11.3 Å². The van der Waals surface area contributed by atoms with Crippen molar-refractivity contribution >= 4 is 18.5 Å². The van der Waals surface area contributed by atoms with Crippen molar-refractivity contribution in [3.8, 4) is 0 Å². The van der Waals surface area contributed by atoms with E-state index < -0.39 is 18.3 Å². The van der Waals surface area contributed by atoms with Crippen molar-refractivity contribution in [3.05, 3.63) is 35.9 Å². The number of ether oxygens (including phenoxy) is 1. The van der Waals surface area contributed by atoms with Crippen LogP contribution < -0.4 is 5.32 Å². The molecule has 1 heterocycles. The SMILES string of the molecule is CN(C(=O)OCc1ccccc1)[C@H]1CCNC[C@H]1F.Cl. The fourth-order valence-corrected chi connectivity index (χ4v) is 2.20. The monoisotopic (exact) mass is 302 g/mol. The van der Waals surface area contributed by atoms with Gasteiger partial charge in [0.2, 0.25) is 0 Å². The largest absolute Gasteiger partial charge is 0.445 e. The first kappa shape index (κ1) is 16.7. The van der Waals surface area contributed by atoms with Gasteiger partial charge in [0.15, 0.2) is 0 Å². The number of carbonyl (C=O) groups is 1. The number of piperidine rings is 1. The van der Waals surface area contributed by atoms with E-state index >= 15 is 0 Å². The van der Waals surface area contributed by atoms with Gasteiger partial charge in [-0.3, -0.25) is 0 Å².